The van der Waals surface area contributed by atoms with Gasteiger partial charge >= 0.3 is 0 Å². The molecule has 12 heavy (non-hydrogen) atoms. The first kappa shape index (κ1) is 8.78. The molecular weight excluding hydrogens is 148 g/mol. The molecule has 0 aliphatic carbocycles. The third kappa shape index (κ3) is 1.33. The Morgan fingerprint density at radius 3 is 2.67 bits per heavy atom. The number of allylic oxidation sites excluding steroid dienone is 1. The van der Waals surface area contributed by atoms with E-state index in [0.717, 1.165) is 16.5 Å². The number of hydrogen-bond donors (Lipinski definition) is 0. The van der Waals surface area contributed by atoms with E-state index >= 15 is 0 Å². The quantitative estimate of drug-likeness (QED) is 0.588. The molecule has 0 unspecified atom stereocenters. The van der Waals surface area contributed by atoms with Gasteiger partial charge in [0.05, 0.1) is 10.7 Å². The molecule has 0 aliphatic rings. The van der Waals surface area contributed by atoms with Crippen LogP contribution in [-0.4, -0.2) is 9.55 Å². The summed E-state index contributed by atoms with van der Waals surface area (Å²) in [7, 11) is 2.01. The Morgan fingerprint density at radius 1 is 1.50 bits per heavy atom. The van der Waals surface area contributed by atoms with E-state index in [4.69, 9.17) is 0 Å². The minimum absolute atomic E-state index is 0.993. The fourth-order valence-electron chi connectivity index (χ4n) is 1.23. The number of nitrogens with zero attached hydrogens (tertiary/aromatic N) is 2. The van der Waals surface area contributed by atoms with Crippen LogP contribution < -0.4 is 10.7 Å². The van der Waals surface area contributed by atoms with Gasteiger partial charge in [0.15, 0.2) is 0 Å². The van der Waals surface area contributed by atoms with Gasteiger partial charge in [0.25, 0.3) is 0 Å². The maximum Gasteiger partial charge on any atom is 0.106 e. The molecular formula is C10H14N2. The zero-order valence-electron chi connectivity index (χ0n) is 7.83. The molecule has 2 nitrogen and oxygen atoms in total. The Labute approximate surface area is 72.6 Å². The van der Waals surface area contributed by atoms with E-state index in [-0.39, 0.29) is 0 Å². The summed E-state index contributed by atoms with van der Waals surface area (Å²) in [5.74, 6) is 1.02. The van der Waals surface area contributed by atoms with Crippen LogP contribution in [0.15, 0.2) is 12.7 Å². The zero-order valence-corrected chi connectivity index (χ0v) is 7.83. The van der Waals surface area contributed by atoms with Crippen LogP contribution in [0.5, 0.6) is 0 Å². The van der Waals surface area contributed by atoms with E-state index in [2.05, 4.69) is 22.2 Å². The van der Waals surface area contributed by atoms with Crippen LogP contribution >= 0.6 is 0 Å². The van der Waals surface area contributed by atoms with Crippen LogP contribution in [-0.2, 0) is 7.05 Å². The number of aryl methyl sites for hydroxylation is 1. The second-order valence-electron chi connectivity index (χ2n) is 2.68. The number of hydrogen-bond acceptors (Lipinski definition) is 1. The van der Waals surface area contributed by atoms with Gasteiger partial charge in [-0.3, -0.25) is 0 Å². The van der Waals surface area contributed by atoms with Gasteiger partial charge in [-0.05, 0) is 19.9 Å². The van der Waals surface area contributed by atoms with Crippen LogP contribution in [0.1, 0.15) is 12.7 Å². The smallest absolute Gasteiger partial charge is 0.106 e. The van der Waals surface area contributed by atoms with Crippen molar-refractivity contribution < 1.29 is 0 Å². The largest absolute Gasteiger partial charge is 0.332 e. The van der Waals surface area contributed by atoms with Gasteiger partial charge in [-0.2, -0.15) is 0 Å². The fourth-order valence-corrected chi connectivity index (χ4v) is 1.23. The molecule has 0 aromatic carbocycles. The summed E-state index contributed by atoms with van der Waals surface area (Å²) in [6, 6.07) is 0. The standard InChI is InChI=1S/C10H14N2/c1-5-7-9-10(6-2)12(4)8(3)11-9/h5-7H,1H2,2-4H3/b9-7+,10-6+. The van der Waals surface area contributed by atoms with Crippen molar-refractivity contribution in [3.63, 3.8) is 0 Å². The predicted octanol–water partition coefficient (Wildman–Crippen LogP) is 0.495. The van der Waals surface area contributed by atoms with Crippen molar-refractivity contribution in [1.82, 2.24) is 9.55 Å². The van der Waals surface area contributed by atoms with E-state index in [1.54, 1.807) is 6.08 Å². The highest BCUT2D eigenvalue weighted by atomic mass is 15.0. The molecule has 0 bridgehead atoms. The Morgan fingerprint density at radius 2 is 2.17 bits per heavy atom. The zero-order chi connectivity index (χ0) is 9.14. The van der Waals surface area contributed by atoms with Gasteiger partial charge in [-0.15, -0.1) is 0 Å². The first-order valence-corrected chi connectivity index (χ1v) is 3.99. The Balaban J connectivity index is 3.63. The van der Waals surface area contributed by atoms with Crippen LogP contribution in [0.4, 0.5) is 0 Å². The normalized spacial score (nSPS) is 13.9. The van der Waals surface area contributed by atoms with E-state index < -0.39 is 0 Å². The lowest BCUT2D eigenvalue weighted by Gasteiger charge is -1.91. The molecule has 1 aromatic heterocycles. The average Bonchev–Trinajstić information content (AvgIpc) is 2.29. The summed E-state index contributed by atoms with van der Waals surface area (Å²) >= 11 is 0. The summed E-state index contributed by atoms with van der Waals surface area (Å²) < 4.78 is 2.06. The monoisotopic (exact) mass is 162 g/mol. The van der Waals surface area contributed by atoms with Gasteiger partial charge in [0.1, 0.15) is 5.82 Å². The van der Waals surface area contributed by atoms with Crippen molar-refractivity contribution in [2.45, 2.75) is 13.8 Å². The molecule has 0 saturated heterocycles. The van der Waals surface area contributed by atoms with Crippen LogP contribution in [0.3, 0.4) is 0 Å². The molecule has 0 spiro atoms. The Kier molecular flexibility index (Phi) is 2.48. The fraction of sp³-hybridized carbons (Fsp3) is 0.300. The van der Waals surface area contributed by atoms with Crippen molar-refractivity contribution in [3.8, 4) is 0 Å². The van der Waals surface area contributed by atoms with Crippen molar-refractivity contribution in [3.05, 3.63) is 29.2 Å². The topological polar surface area (TPSA) is 17.8 Å². The maximum atomic E-state index is 4.38. The van der Waals surface area contributed by atoms with Gasteiger partial charge < -0.3 is 4.57 Å². The summed E-state index contributed by atoms with van der Waals surface area (Å²) in [6.45, 7) is 7.66. The highest BCUT2D eigenvalue weighted by Crippen LogP contribution is 1.79. The van der Waals surface area contributed by atoms with Gasteiger partial charge in [0, 0.05) is 7.05 Å². The van der Waals surface area contributed by atoms with Crippen LogP contribution in [0.2, 0.25) is 0 Å². The lowest BCUT2D eigenvalue weighted by Crippen LogP contribution is -2.28. The summed E-state index contributed by atoms with van der Waals surface area (Å²) in [4.78, 5) is 4.38. The van der Waals surface area contributed by atoms with Gasteiger partial charge in [-0.25, -0.2) is 4.98 Å². The number of imidazole rings is 1. The number of aromatic nitrogens is 2. The van der Waals surface area contributed by atoms with Crippen molar-refractivity contribution >= 4 is 12.2 Å². The molecule has 0 aliphatic heterocycles. The minimum atomic E-state index is 0.993. The molecule has 64 valence electrons. The summed E-state index contributed by atoms with van der Waals surface area (Å²) in [6.07, 6.45) is 5.73. The molecule has 1 aromatic rings. The molecule has 0 radical (unpaired) electrons. The first-order valence-electron chi connectivity index (χ1n) is 3.99. The van der Waals surface area contributed by atoms with E-state index in [9.17, 15) is 0 Å². The third-order valence-electron chi connectivity index (χ3n) is 1.94. The molecule has 0 fully saturated rings. The number of rotatable bonds is 1. The van der Waals surface area contributed by atoms with Crippen molar-refractivity contribution in [2.24, 2.45) is 7.05 Å². The minimum Gasteiger partial charge on any atom is -0.332 e. The van der Waals surface area contributed by atoms with E-state index in [1.807, 2.05) is 27.0 Å². The highest BCUT2D eigenvalue weighted by molar-refractivity contribution is 5.34. The molecule has 2 heteroatoms. The Bertz CT molecular complexity index is 396. The van der Waals surface area contributed by atoms with Crippen molar-refractivity contribution in [1.29, 1.82) is 0 Å². The highest BCUT2D eigenvalue weighted by Gasteiger charge is 1.95. The predicted molar refractivity (Wildman–Crippen MR) is 52.0 cm³/mol. The first-order chi connectivity index (χ1) is 5.70. The lowest BCUT2D eigenvalue weighted by atomic mass is 10.4. The molecule has 0 N–H and O–H groups in total. The van der Waals surface area contributed by atoms with Gasteiger partial charge in [0.2, 0.25) is 0 Å². The second-order valence-corrected chi connectivity index (χ2v) is 2.68. The summed E-state index contributed by atoms with van der Waals surface area (Å²) in [5, 5.41) is 2.14. The third-order valence-corrected chi connectivity index (χ3v) is 1.94. The second kappa shape index (κ2) is 3.39. The molecule has 0 saturated carbocycles. The van der Waals surface area contributed by atoms with Crippen molar-refractivity contribution in [2.75, 3.05) is 0 Å². The van der Waals surface area contributed by atoms with Crippen LogP contribution in [0.25, 0.3) is 12.2 Å². The van der Waals surface area contributed by atoms with Crippen LogP contribution in [0, 0.1) is 6.92 Å². The van der Waals surface area contributed by atoms with Gasteiger partial charge in [-0.1, -0.05) is 18.7 Å². The molecule has 1 heterocycles. The SMILES string of the molecule is C=C/C=c1/nc(C)n(C)/c1=C/C. The maximum absolute atomic E-state index is 4.38. The lowest BCUT2D eigenvalue weighted by molar-refractivity contribution is 0.832. The Hall–Kier alpha value is -1.31. The van der Waals surface area contributed by atoms with E-state index in [0.29, 0.717) is 0 Å². The molecule has 0 atom stereocenters. The van der Waals surface area contributed by atoms with E-state index in [1.165, 1.54) is 0 Å². The molecule has 0 amide bonds. The average molecular weight is 162 g/mol. The summed E-state index contributed by atoms with van der Waals surface area (Å²) in [5.41, 5.74) is 0. The molecule has 1 rings (SSSR count).